The number of benzene rings is 4. The Morgan fingerprint density at radius 3 is 2.28 bits per heavy atom. The molecule has 2 bridgehead atoms. The first-order valence-corrected chi connectivity index (χ1v) is 22.2. The van der Waals surface area contributed by atoms with E-state index < -0.39 is 29.4 Å². The molecule has 60 heavy (non-hydrogen) atoms. The molecule has 5 aliphatic rings. The van der Waals surface area contributed by atoms with Crippen LogP contribution in [0.4, 0.5) is 0 Å². The molecule has 0 spiro atoms. The monoisotopic (exact) mass is 804 g/mol. The van der Waals surface area contributed by atoms with Crippen molar-refractivity contribution in [3.05, 3.63) is 158 Å². The minimum Gasteiger partial charge on any atom is -0.483 e. The van der Waals surface area contributed by atoms with Crippen LogP contribution in [0, 0.1) is 11.8 Å². The maximum Gasteiger partial charge on any atom is 0.336 e. The van der Waals surface area contributed by atoms with Crippen molar-refractivity contribution in [1.29, 1.82) is 0 Å². The van der Waals surface area contributed by atoms with Gasteiger partial charge in [-0.05, 0) is 136 Å². The van der Waals surface area contributed by atoms with E-state index in [0.29, 0.717) is 35.1 Å². The normalized spacial score (nSPS) is 26.2. The van der Waals surface area contributed by atoms with Crippen LogP contribution in [-0.4, -0.2) is 23.6 Å². The Morgan fingerprint density at radius 2 is 1.50 bits per heavy atom. The zero-order chi connectivity index (χ0) is 41.4. The van der Waals surface area contributed by atoms with Gasteiger partial charge in [0.2, 0.25) is 0 Å². The van der Waals surface area contributed by atoms with E-state index in [1.54, 1.807) is 6.07 Å². The average molecular weight is 805 g/mol. The molecule has 10 rings (SSSR count). The number of aryl methyl sites for hydroxylation is 1. The summed E-state index contributed by atoms with van der Waals surface area (Å²) in [6.07, 6.45) is 7.97. The van der Waals surface area contributed by atoms with Crippen LogP contribution in [0.5, 0.6) is 5.75 Å². The van der Waals surface area contributed by atoms with E-state index >= 15 is 0 Å². The standard InChI is InChI=1S/C53H56O7/c1-33(2)43-25-19-34-17-20-37(21-18-34)44-26-22-40(39-14-10-13-36(30-39)29-35-11-6-4-7-12-35)31-41(44)32-47(55)58-50-48-45(27-23-38-24-28-46(54)57-49(38)48)60-53(3,51(50)59-52(43)56)42-15-8-5-9-16-42/h4,6-7,10-14,17-18,20-21,23-24,27-28,30,40-42,44,50-51H,5,8-9,15-16,19,22,25-26,29,31-32H2,1-3H3/t40-,41+,44+,50-,51-,53-/m0/s1. The quantitative estimate of drug-likeness (QED) is 0.101. The van der Waals surface area contributed by atoms with Crippen molar-refractivity contribution in [3.63, 3.8) is 0 Å². The first kappa shape index (κ1) is 40.0. The van der Waals surface area contributed by atoms with Crippen LogP contribution >= 0.6 is 0 Å². The Kier molecular flexibility index (Phi) is 11.3. The summed E-state index contributed by atoms with van der Waals surface area (Å²) in [6, 6.07) is 35.2. The molecule has 0 amide bonds. The summed E-state index contributed by atoms with van der Waals surface area (Å²) in [5.41, 5.74) is 6.91. The molecule has 3 aliphatic heterocycles. The lowest BCUT2D eigenvalue weighted by atomic mass is 9.68. The van der Waals surface area contributed by atoms with Gasteiger partial charge in [0, 0.05) is 29.4 Å². The fourth-order valence-corrected chi connectivity index (χ4v) is 10.9. The highest BCUT2D eigenvalue weighted by molar-refractivity contribution is 5.90. The summed E-state index contributed by atoms with van der Waals surface area (Å²) in [4.78, 5) is 42.3. The van der Waals surface area contributed by atoms with E-state index in [1.807, 2.05) is 32.9 Å². The van der Waals surface area contributed by atoms with Crippen LogP contribution in [-0.2, 0) is 31.9 Å². The third kappa shape index (κ3) is 8.08. The SMILES string of the molecule is CC(C)=C1CCc2ccc(cc2)[C@H]2CC[C@H](c3cccc(Cc4ccccc4)c3)C[C@@H]2CC(=O)O[C@H]2c3c(ccc4ccc(=O)oc34)O[C@@](C)(C3CCCCC3)[C@H]2OC1=O. The maximum absolute atomic E-state index is 14.9. The largest absolute Gasteiger partial charge is 0.483 e. The van der Waals surface area contributed by atoms with Gasteiger partial charge in [-0.25, -0.2) is 9.59 Å². The Labute approximate surface area is 353 Å². The van der Waals surface area contributed by atoms with Crippen molar-refractivity contribution in [2.45, 2.75) is 127 Å². The lowest BCUT2D eigenvalue weighted by molar-refractivity contribution is -0.201. The van der Waals surface area contributed by atoms with E-state index in [-0.39, 0.29) is 41.6 Å². The Bertz CT molecular complexity index is 2450. The first-order chi connectivity index (χ1) is 29.1. The van der Waals surface area contributed by atoms with Crippen molar-refractivity contribution in [1.82, 2.24) is 0 Å². The van der Waals surface area contributed by atoms with Crippen molar-refractivity contribution in [2.24, 2.45) is 11.8 Å². The molecule has 7 nitrogen and oxygen atoms in total. The third-order valence-electron chi connectivity index (χ3n) is 14.2. The van der Waals surface area contributed by atoms with Gasteiger partial charge in [-0.1, -0.05) is 104 Å². The summed E-state index contributed by atoms with van der Waals surface area (Å²) in [6.45, 7) is 5.91. The molecule has 310 valence electrons. The van der Waals surface area contributed by atoms with E-state index in [2.05, 4.69) is 78.9 Å². The third-order valence-corrected chi connectivity index (χ3v) is 14.2. The summed E-state index contributed by atoms with van der Waals surface area (Å²) < 4.78 is 26.5. The first-order valence-electron chi connectivity index (χ1n) is 22.2. The van der Waals surface area contributed by atoms with Crippen molar-refractivity contribution < 1.29 is 28.2 Å². The van der Waals surface area contributed by atoms with Crippen molar-refractivity contribution >= 4 is 22.9 Å². The van der Waals surface area contributed by atoms with E-state index in [9.17, 15) is 14.4 Å². The predicted molar refractivity (Wildman–Crippen MR) is 233 cm³/mol. The molecule has 0 saturated heterocycles. The molecule has 6 atom stereocenters. The second kappa shape index (κ2) is 16.9. The van der Waals surface area contributed by atoms with Gasteiger partial charge < -0.3 is 18.6 Å². The van der Waals surface area contributed by atoms with Crippen LogP contribution in [0.2, 0.25) is 0 Å². The van der Waals surface area contributed by atoms with Crippen LogP contribution in [0.1, 0.15) is 136 Å². The molecule has 1 aromatic heterocycles. The fraction of sp³-hybridized carbons (Fsp3) is 0.415. The number of hydrogen-bond acceptors (Lipinski definition) is 7. The average Bonchev–Trinajstić information content (AvgIpc) is 3.25. The maximum atomic E-state index is 14.9. The van der Waals surface area contributed by atoms with Crippen LogP contribution < -0.4 is 10.4 Å². The topological polar surface area (TPSA) is 92.0 Å². The van der Waals surface area contributed by atoms with Gasteiger partial charge in [0.05, 0.1) is 5.56 Å². The van der Waals surface area contributed by atoms with Crippen molar-refractivity contribution in [3.8, 4) is 5.75 Å². The highest BCUT2D eigenvalue weighted by Gasteiger charge is 2.56. The minimum atomic E-state index is -1.07. The summed E-state index contributed by atoms with van der Waals surface area (Å²) in [5, 5.41) is 0.671. The molecule has 5 aromatic rings. The van der Waals surface area contributed by atoms with E-state index in [4.69, 9.17) is 18.6 Å². The van der Waals surface area contributed by atoms with E-state index in [0.717, 1.165) is 68.9 Å². The van der Waals surface area contributed by atoms with Gasteiger partial charge in [0.1, 0.15) is 16.9 Å². The van der Waals surface area contributed by atoms with Gasteiger partial charge in [0.25, 0.3) is 0 Å². The number of esters is 2. The van der Waals surface area contributed by atoms with Crippen LogP contribution in [0.25, 0.3) is 11.0 Å². The van der Waals surface area contributed by atoms with E-state index in [1.165, 1.54) is 28.3 Å². The smallest absolute Gasteiger partial charge is 0.336 e. The Balaban J connectivity index is 1.12. The zero-order valence-corrected chi connectivity index (χ0v) is 35.1. The van der Waals surface area contributed by atoms with Gasteiger partial charge in [0.15, 0.2) is 12.2 Å². The molecule has 0 N–H and O–H groups in total. The highest BCUT2D eigenvalue weighted by atomic mass is 16.6. The molecule has 2 saturated carbocycles. The number of ether oxygens (including phenoxy) is 3. The number of hydrogen-bond donors (Lipinski definition) is 0. The molecular formula is C53H56O7. The zero-order valence-electron chi connectivity index (χ0n) is 35.1. The predicted octanol–water partition coefficient (Wildman–Crippen LogP) is 11.7. The van der Waals surface area contributed by atoms with Gasteiger partial charge in [-0.3, -0.25) is 4.79 Å². The number of fused-ring (bicyclic) bond motifs is 11. The summed E-state index contributed by atoms with van der Waals surface area (Å²) in [7, 11) is 0. The lowest BCUT2D eigenvalue weighted by Crippen LogP contribution is -2.58. The fourth-order valence-electron chi connectivity index (χ4n) is 10.9. The Hall–Kier alpha value is -5.43. The number of carbonyl (C=O) groups excluding carboxylic acids is 2. The van der Waals surface area contributed by atoms with Gasteiger partial charge >= 0.3 is 17.6 Å². The second-order valence-electron chi connectivity index (χ2n) is 18.2. The lowest BCUT2D eigenvalue weighted by Gasteiger charge is -2.50. The van der Waals surface area contributed by atoms with Crippen molar-refractivity contribution in [2.75, 3.05) is 0 Å². The molecule has 4 heterocycles. The van der Waals surface area contributed by atoms with Crippen LogP contribution in [0.15, 0.2) is 123 Å². The molecule has 0 unspecified atom stereocenters. The Morgan fingerprint density at radius 1 is 0.733 bits per heavy atom. The number of allylic oxidation sites excluding steroid dienone is 1. The highest BCUT2D eigenvalue weighted by Crippen LogP contribution is 2.52. The molecular weight excluding hydrogens is 749 g/mol. The molecule has 2 aliphatic carbocycles. The second-order valence-corrected chi connectivity index (χ2v) is 18.2. The molecule has 2 fully saturated rings. The van der Waals surface area contributed by atoms with Crippen LogP contribution in [0.3, 0.4) is 0 Å². The number of rotatable bonds is 4. The molecule has 4 aromatic carbocycles. The van der Waals surface area contributed by atoms with Gasteiger partial charge in [-0.15, -0.1) is 0 Å². The molecule has 7 heteroatoms. The summed E-state index contributed by atoms with van der Waals surface area (Å²) in [5.74, 6) is 0.167. The molecule has 0 radical (unpaired) electrons. The van der Waals surface area contributed by atoms with Gasteiger partial charge in [-0.2, -0.15) is 0 Å². The number of carbonyl (C=O) groups is 2. The summed E-state index contributed by atoms with van der Waals surface area (Å²) >= 11 is 0. The minimum absolute atomic E-state index is 0.000510.